The molecule has 1 aliphatic carbocycles. The Bertz CT molecular complexity index is 841. The van der Waals surface area contributed by atoms with Crippen molar-refractivity contribution in [2.75, 3.05) is 0 Å². The highest BCUT2D eigenvalue weighted by atomic mass is 32.1. The van der Waals surface area contributed by atoms with E-state index in [1.807, 2.05) is 0 Å². The molecule has 0 unspecified atom stereocenters. The molecule has 1 heterocycles. The monoisotopic (exact) mass is 319 g/mol. The molecule has 1 amide bonds. The Morgan fingerprint density at radius 3 is 2.64 bits per heavy atom. The predicted octanol–water partition coefficient (Wildman–Crippen LogP) is 2.17. The van der Waals surface area contributed by atoms with Gasteiger partial charge in [0.15, 0.2) is 0 Å². The van der Waals surface area contributed by atoms with Gasteiger partial charge in [-0.3, -0.25) is 9.78 Å². The second-order valence-electron chi connectivity index (χ2n) is 5.38. The van der Waals surface area contributed by atoms with Crippen molar-refractivity contribution in [2.24, 2.45) is 0 Å². The Morgan fingerprint density at radius 1 is 1.32 bits per heavy atom. The molecule has 5 nitrogen and oxygen atoms in total. The zero-order chi connectivity index (χ0) is 15.9. The predicted molar refractivity (Wildman–Crippen MR) is 82.0 cm³/mol. The van der Waals surface area contributed by atoms with Crippen LogP contribution in [-0.4, -0.2) is 21.9 Å². The summed E-state index contributed by atoms with van der Waals surface area (Å²) in [4.78, 5) is 28.5. The maximum atomic E-state index is 12.9. The van der Waals surface area contributed by atoms with Crippen molar-refractivity contribution >= 4 is 18.1 Å². The van der Waals surface area contributed by atoms with Gasteiger partial charge in [-0.1, -0.05) is 24.4 Å². The summed E-state index contributed by atoms with van der Waals surface area (Å²) in [6.45, 7) is 1.63. The minimum Gasteiger partial charge on any atom is -0.349 e. The van der Waals surface area contributed by atoms with Gasteiger partial charge >= 0.3 is 5.69 Å². The topological polar surface area (TPSA) is 77.8 Å². The van der Waals surface area contributed by atoms with Crippen molar-refractivity contribution in [3.05, 3.63) is 62.0 Å². The van der Waals surface area contributed by atoms with Crippen LogP contribution in [0.4, 0.5) is 4.39 Å². The Balaban J connectivity index is 1.73. The van der Waals surface area contributed by atoms with E-state index in [1.54, 1.807) is 19.1 Å². The standard InChI is InChI=1S/C15H14FN3O2S/c1-7-12(14(22)19-15(21)17-7)13(20)18-11-6-10(11)8-2-4-9(16)5-3-8/h2-5,10-11H,6H2,1H3,(H,18,20)(H2,17,19,21,22)/t10-,11+/m0/s1. The van der Waals surface area contributed by atoms with Gasteiger partial charge in [0, 0.05) is 17.7 Å². The molecule has 0 radical (unpaired) electrons. The minimum absolute atomic E-state index is 0.00121. The first-order valence-corrected chi connectivity index (χ1v) is 7.26. The number of hydrogen-bond acceptors (Lipinski definition) is 3. The molecule has 2 aromatic rings. The van der Waals surface area contributed by atoms with Gasteiger partial charge in [-0.25, -0.2) is 9.18 Å². The summed E-state index contributed by atoms with van der Waals surface area (Å²) in [5.41, 5.74) is 1.27. The highest BCUT2D eigenvalue weighted by Crippen LogP contribution is 2.40. The lowest BCUT2D eigenvalue weighted by atomic mass is 10.1. The third-order valence-electron chi connectivity index (χ3n) is 3.76. The van der Waals surface area contributed by atoms with E-state index in [9.17, 15) is 14.0 Å². The molecule has 22 heavy (non-hydrogen) atoms. The lowest BCUT2D eigenvalue weighted by molar-refractivity contribution is 0.0948. The minimum atomic E-state index is -0.435. The lowest BCUT2D eigenvalue weighted by Crippen LogP contribution is -2.29. The molecule has 0 spiro atoms. The number of rotatable bonds is 3. The number of hydrogen-bond donors (Lipinski definition) is 3. The highest BCUT2D eigenvalue weighted by molar-refractivity contribution is 7.71. The molecule has 2 atom stereocenters. The summed E-state index contributed by atoms with van der Waals surface area (Å²) in [6, 6.07) is 6.27. The van der Waals surface area contributed by atoms with Crippen LogP contribution in [0.5, 0.6) is 0 Å². The number of halogens is 1. The van der Waals surface area contributed by atoms with E-state index in [1.165, 1.54) is 12.1 Å². The molecule has 0 saturated heterocycles. The molecular formula is C15H14FN3O2S. The van der Waals surface area contributed by atoms with Crippen LogP contribution >= 0.6 is 12.2 Å². The zero-order valence-electron chi connectivity index (χ0n) is 11.8. The van der Waals surface area contributed by atoms with Crippen LogP contribution in [0, 0.1) is 17.4 Å². The molecule has 7 heteroatoms. The maximum absolute atomic E-state index is 12.9. The van der Waals surface area contributed by atoms with Crippen molar-refractivity contribution in [3.63, 3.8) is 0 Å². The van der Waals surface area contributed by atoms with Crippen molar-refractivity contribution in [3.8, 4) is 0 Å². The second-order valence-corrected chi connectivity index (χ2v) is 5.79. The first-order chi connectivity index (χ1) is 10.5. The molecule has 114 valence electrons. The number of nitrogens with one attached hydrogen (secondary N) is 3. The van der Waals surface area contributed by atoms with Crippen LogP contribution in [-0.2, 0) is 0 Å². The van der Waals surface area contributed by atoms with E-state index < -0.39 is 5.69 Å². The fraction of sp³-hybridized carbons (Fsp3) is 0.267. The van der Waals surface area contributed by atoms with Gasteiger partial charge < -0.3 is 10.3 Å². The van der Waals surface area contributed by atoms with Gasteiger partial charge in [0.05, 0.1) is 5.56 Å². The van der Waals surface area contributed by atoms with Crippen molar-refractivity contribution in [1.29, 1.82) is 0 Å². The third-order valence-corrected chi connectivity index (χ3v) is 4.07. The molecule has 0 aliphatic heterocycles. The number of aromatic amines is 2. The molecule has 1 aromatic heterocycles. The van der Waals surface area contributed by atoms with E-state index in [-0.39, 0.29) is 33.9 Å². The van der Waals surface area contributed by atoms with Crippen LogP contribution in [0.15, 0.2) is 29.1 Å². The van der Waals surface area contributed by atoms with Gasteiger partial charge in [-0.15, -0.1) is 0 Å². The average Bonchev–Trinajstić information content (AvgIpc) is 3.17. The molecule has 0 bridgehead atoms. The summed E-state index contributed by atoms with van der Waals surface area (Å²) in [6.07, 6.45) is 0.802. The van der Waals surface area contributed by atoms with Crippen molar-refractivity contribution < 1.29 is 9.18 Å². The summed E-state index contributed by atoms with van der Waals surface area (Å²) in [5, 5.41) is 2.89. The van der Waals surface area contributed by atoms with E-state index in [4.69, 9.17) is 12.2 Å². The molecule has 3 rings (SSSR count). The average molecular weight is 319 g/mol. The summed E-state index contributed by atoms with van der Waals surface area (Å²) >= 11 is 5.04. The van der Waals surface area contributed by atoms with Gasteiger partial charge in [-0.05, 0) is 31.0 Å². The first kappa shape index (κ1) is 14.6. The van der Waals surface area contributed by atoms with Crippen LogP contribution in [0.1, 0.15) is 34.0 Å². The number of carbonyl (C=O) groups excluding carboxylic acids is 1. The van der Waals surface area contributed by atoms with Crippen LogP contribution in [0.25, 0.3) is 0 Å². The van der Waals surface area contributed by atoms with Crippen molar-refractivity contribution in [2.45, 2.75) is 25.3 Å². The normalized spacial score (nSPS) is 19.7. The quantitative estimate of drug-likeness (QED) is 0.759. The zero-order valence-corrected chi connectivity index (χ0v) is 12.6. The lowest BCUT2D eigenvalue weighted by Gasteiger charge is -2.07. The third kappa shape index (κ3) is 2.85. The first-order valence-electron chi connectivity index (χ1n) is 6.85. The molecular weight excluding hydrogens is 305 g/mol. The van der Waals surface area contributed by atoms with Gasteiger partial charge in [0.1, 0.15) is 10.5 Å². The highest BCUT2D eigenvalue weighted by Gasteiger charge is 2.39. The Kier molecular flexibility index (Phi) is 3.66. The molecule has 3 N–H and O–H groups in total. The fourth-order valence-electron chi connectivity index (χ4n) is 2.55. The summed E-state index contributed by atoms with van der Waals surface area (Å²) in [7, 11) is 0. The Labute approximate surface area is 130 Å². The van der Waals surface area contributed by atoms with E-state index in [2.05, 4.69) is 15.3 Å². The SMILES string of the molecule is Cc1[nH]c(=O)[nH]c(=S)c1C(=O)N[C@@H]1C[C@H]1c1ccc(F)cc1. The number of aryl methyl sites for hydroxylation is 1. The molecule has 1 fully saturated rings. The van der Waals surface area contributed by atoms with Crippen molar-refractivity contribution in [1.82, 2.24) is 15.3 Å². The number of carbonyl (C=O) groups is 1. The number of H-pyrrole nitrogens is 2. The van der Waals surface area contributed by atoms with Crippen LogP contribution < -0.4 is 11.0 Å². The van der Waals surface area contributed by atoms with Gasteiger partial charge in [0.2, 0.25) is 0 Å². The second kappa shape index (κ2) is 5.49. The number of amides is 1. The number of benzene rings is 1. The van der Waals surface area contributed by atoms with E-state index in [0.29, 0.717) is 5.69 Å². The van der Waals surface area contributed by atoms with E-state index >= 15 is 0 Å². The molecule has 1 aromatic carbocycles. The fourth-order valence-corrected chi connectivity index (χ4v) is 2.89. The Morgan fingerprint density at radius 2 is 2.00 bits per heavy atom. The Hall–Kier alpha value is -2.28. The smallest absolute Gasteiger partial charge is 0.324 e. The largest absolute Gasteiger partial charge is 0.349 e. The van der Waals surface area contributed by atoms with Gasteiger partial charge in [0.25, 0.3) is 5.91 Å². The molecule has 1 aliphatic rings. The molecule has 1 saturated carbocycles. The van der Waals surface area contributed by atoms with E-state index in [0.717, 1.165) is 12.0 Å². The maximum Gasteiger partial charge on any atom is 0.324 e. The summed E-state index contributed by atoms with van der Waals surface area (Å²) < 4.78 is 13.0. The van der Waals surface area contributed by atoms with Crippen LogP contribution in [0.3, 0.4) is 0 Å². The summed E-state index contributed by atoms with van der Waals surface area (Å²) in [5.74, 6) is -0.407. The van der Waals surface area contributed by atoms with Crippen LogP contribution in [0.2, 0.25) is 0 Å². The number of aromatic nitrogens is 2. The van der Waals surface area contributed by atoms with Gasteiger partial charge in [-0.2, -0.15) is 0 Å².